The summed E-state index contributed by atoms with van der Waals surface area (Å²) in [5, 5.41) is 3.94. The Morgan fingerprint density at radius 2 is 2.19 bits per heavy atom. The van der Waals surface area contributed by atoms with Crippen molar-refractivity contribution >= 4 is 17.2 Å². The van der Waals surface area contributed by atoms with Gasteiger partial charge in [0, 0.05) is 31.6 Å². The van der Waals surface area contributed by atoms with Gasteiger partial charge >= 0.3 is 0 Å². The van der Waals surface area contributed by atoms with E-state index in [0.29, 0.717) is 0 Å². The summed E-state index contributed by atoms with van der Waals surface area (Å²) in [6.45, 7) is 5.13. The van der Waals surface area contributed by atoms with Gasteiger partial charge in [-0.3, -0.25) is 4.79 Å². The molecule has 2 heterocycles. The lowest BCUT2D eigenvalue weighted by Crippen LogP contribution is -2.36. The third kappa shape index (κ3) is 3.95. The molecule has 0 saturated carbocycles. The summed E-state index contributed by atoms with van der Waals surface area (Å²) in [7, 11) is 0. The first-order valence-electron chi connectivity index (χ1n) is 8.02. The van der Waals surface area contributed by atoms with Crippen LogP contribution in [0.25, 0.3) is 0 Å². The predicted octanol–water partition coefficient (Wildman–Crippen LogP) is 3.25. The second-order valence-corrected chi connectivity index (χ2v) is 6.89. The molecule has 1 amide bonds. The van der Waals surface area contributed by atoms with E-state index in [1.165, 1.54) is 25.8 Å². The summed E-state index contributed by atoms with van der Waals surface area (Å²) < 4.78 is 0. The van der Waals surface area contributed by atoms with Gasteiger partial charge in [-0.25, -0.2) is 0 Å². The van der Waals surface area contributed by atoms with Crippen molar-refractivity contribution < 1.29 is 4.79 Å². The summed E-state index contributed by atoms with van der Waals surface area (Å²) in [6, 6.07) is 1.93. The fourth-order valence-electron chi connectivity index (χ4n) is 3.31. The molecule has 1 aromatic heterocycles. The molecule has 2 aliphatic rings. The van der Waals surface area contributed by atoms with Crippen molar-refractivity contribution in [2.45, 2.75) is 25.7 Å². The van der Waals surface area contributed by atoms with Gasteiger partial charge in [0.1, 0.15) is 0 Å². The highest BCUT2D eigenvalue weighted by Crippen LogP contribution is 2.20. The average molecular weight is 304 g/mol. The molecule has 21 heavy (non-hydrogen) atoms. The molecular weight excluding hydrogens is 280 g/mol. The van der Waals surface area contributed by atoms with E-state index in [2.05, 4.69) is 17.1 Å². The first-order chi connectivity index (χ1) is 10.3. The second-order valence-electron chi connectivity index (χ2n) is 6.11. The Balaban J connectivity index is 1.52. The van der Waals surface area contributed by atoms with Crippen molar-refractivity contribution in [3.63, 3.8) is 0 Å². The smallest absolute Gasteiger partial charge is 0.254 e. The average Bonchev–Trinajstić information content (AvgIpc) is 2.95. The van der Waals surface area contributed by atoms with Crippen LogP contribution >= 0.6 is 11.3 Å². The van der Waals surface area contributed by atoms with Gasteiger partial charge in [0.2, 0.25) is 0 Å². The van der Waals surface area contributed by atoms with E-state index in [-0.39, 0.29) is 5.91 Å². The van der Waals surface area contributed by atoms with Gasteiger partial charge < -0.3 is 9.80 Å². The van der Waals surface area contributed by atoms with Gasteiger partial charge in [-0.2, -0.15) is 11.3 Å². The lowest BCUT2D eigenvalue weighted by atomic mass is 9.94. The molecule has 0 N–H and O–H groups in total. The molecule has 1 atom stereocenters. The van der Waals surface area contributed by atoms with Crippen LogP contribution in [0.4, 0.5) is 0 Å². The van der Waals surface area contributed by atoms with Gasteiger partial charge in [0.15, 0.2) is 0 Å². The number of allylic oxidation sites excluding steroid dienone is 2. The molecule has 0 spiro atoms. The number of carbonyl (C=O) groups is 1. The van der Waals surface area contributed by atoms with E-state index in [1.807, 2.05) is 21.7 Å². The van der Waals surface area contributed by atoms with Crippen LogP contribution in [-0.4, -0.2) is 48.4 Å². The van der Waals surface area contributed by atoms with Crippen molar-refractivity contribution in [2.75, 3.05) is 32.7 Å². The summed E-state index contributed by atoms with van der Waals surface area (Å²) in [4.78, 5) is 17.0. The Morgan fingerprint density at radius 3 is 2.95 bits per heavy atom. The van der Waals surface area contributed by atoms with Gasteiger partial charge in [-0.05, 0) is 49.6 Å². The van der Waals surface area contributed by atoms with Crippen molar-refractivity contribution in [1.29, 1.82) is 0 Å². The van der Waals surface area contributed by atoms with Gasteiger partial charge in [0.25, 0.3) is 5.91 Å². The Bertz CT molecular complexity index is 483. The standard InChI is InChI=1S/C17H24N2OS/c20-17(16-7-12-21-14-16)19-9-4-8-18(10-11-19)13-15-5-2-1-3-6-15/h1-2,7,12,14-15H,3-6,8-11,13H2/t15-/m1/s1. The number of hydrogen-bond donors (Lipinski definition) is 0. The zero-order valence-corrected chi connectivity index (χ0v) is 13.4. The fourth-order valence-corrected chi connectivity index (χ4v) is 3.94. The van der Waals surface area contributed by atoms with Crippen molar-refractivity contribution in [3.8, 4) is 0 Å². The SMILES string of the molecule is O=C(c1ccsc1)N1CCCN(C[C@@H]2CC=CCC2)CC1. The number of carbonyl (C=O) groups excluding carboxylic acids is 1. The summed E-state index contributed by atoms with van der Waals surface area (Å²) in [6.07, 6.45) is 9.52. The zero-order chi connectivity index (χ0) is 14.5. The fraction of sp³-hybridized carbons (Fsp3) is 0.588. The van der Waals surface area contributed by atoms with Crippen LogP contribution in [0.3, 0.4) is 0 Å². The van der Waals surface area contributed by atoms with Crippen LogP contribution in [0.1, 0.15) is 36.0 Å². The maximum Gasteiger partial charge on any atom is 0.254 e. The Hall–Kier alpha value is -1.13. The Kier molecular flexibility index (Phi) is 5.09. The highest BCUT2D eigenvalue weighted by molar-refractivity contribution is 7.08. The van der Waals surface area contributed by atoms with Crippen molar-refractivity contribution in [2.24, 2.45) is 5.92 Å². The van der Waals surface area contributed by atoms with Crippen LogP contribution < -0.4 is 0 Å². The number of thiophene rings is 1. The second kappa shape index (κ2) is 7.23. The number of nitrogens with zero attached hydrogens (tertiary/aromatic N) is 2. The zero-order valence-electron chi connectivity index (χ0n) is 12.5. The quantitative estimate of drug-likeness (QED) is 0.800. The largest absolute Gasteiger partial charge is 0.337 e. The van der Waals surface area contributed by atoms with Gasteiger partial charge in [0.05, 0.1) is 5.56 Å². The minimum Gasteiger partial charge on any atom is -0.337 e. The first kappa shape index (κ1) is 14.8. The van der Waals surface area contributed by atoms with Crippen LogP contribution in [0.2, 0.25) is 0 Å². The predicted molar refractivity (Wildman–Crippen MR) is 87.8 cm³/mol. The normalized spacial score (nSPS) is 24.0. The molecule has 0 bridgehead atoms. The molecule has 3 rings (SSSR count). The molecule has 4 heteroatoms. The van der Waals surface area contributed by atoms with E-state index >= 15 is 0 Å². The monoisotopic (exact) mass is 304 g/mol. The van der Waals surface area contributed by atoms with E-state index < -0.39 is 0 Å². The molecule has 3 nitrogen and oxygen atoms in total. The first-order valence-corrected chi connectivity index (χ1v) is 8.96. The Morgan fingerprint density at radius 1 is 1.24 bits per heavy atom. The summed E-state index contributed by atoms with van der Waals surface area (Å²) in [5.41, 5.74) is 0.853. The number of rotatable bonds is 3. The van der Waals surface area contributed by atoms with E-state index in [0.717, 1.165) is 44.1 Å². The third-order valence-electron chi connectivity index (χ3n) is 4.54. The molecule has 1 aliphatic carbocycles. The highest BCUT2D eigenvalue weighted by Gasteiger charge is 2.22. The van der Waals surface area contributed by atoms with Crippen LogP contribution in [0.15, 0.2) is 29.0 Å². The van der Waals surface area contributed by atoms with Crippen molar-refractivity contribution in [1.82, 2.24) is 9.80 Å². The molecular formula is C17H24N2OS. The minimum absolute atomic E-state index is 0.207. The maximum atomic E-state index is 12.4. The van der Waals surface area contributed by atoms with Gasteiger partial charge in [-0.1, -0.05) is 12.2 Å². The summed E-state index contributed by atoms with van der Waals surface area (Å²) >= 11 is 1.60. The number of amides is 1. The summed E-state index contributed by atoms with van der Waals surface area (Å²) in [5.74, 6) is 1.02. The lowest BCUT2D eigenvalue weighted by molar-refractivity contribution is 0.0761. The maximum absolute atomic E-state index is 12.4. The molecule has 114 valence electrons. The van der Waals surface area contributed by atoms with E-state index in [4.69, 9.17) is 0 Å². The minimum atomic E-state index is 0.207. The molecule has 0 aromatic carbocycles. The number of hydrogen-bond acceptors (Lipinski definition) is 3. The molecule has 0 radical (unpaired) electrons. The lowest BCUT2D eigenvalue weighted by Gasteiger charge is -2.27. The molecule has 1 fully saturated rings. The van der Waals surface area contributed by atoms with E-state index in [9.17, 15) is 4.79 Å². The van der Waals surface area contributed by atoms with Crippen LogP contribution in [0, 0.1) is 5.92 Å². The topological polar surface area (TPSA) is 23.6 Å². The Labute approximate surface area is 131 Å². The highest BCUT2D eigenvalue weighted by atomic mass is 32.1. The molecule has 1 aliphatic heterocycles. The van der Waals surface area contributed by atoms with Gasteiger partial charge in [-0.15, -0.1) is 0 Å². The third-order valence-corrected chi connectivity index (χ3v) is 5.22. The molecule has 0 unspecified atom stereocenters. The van der Waals surface area contributed by atoms with Crippen molar-refractivity contribution in [3.05, 3.63) is 34.5 Å². The van der Waals surface area contributed by atoms with Crippen LogP contribution in [-0.2, 0) is 0 Å². The molecule has 1 saturated heterocycles. The van der Waals surface area contributed by atoms with Crippen LogP contribution in [0.5, 0.6) is 0 Å². The van der Waals surface area contributed by atoms with E-state index in [1.54, 1.807) is 11.3 Å². The molecule has 1 aromatic rings.